The van der Waals surface area contributed by atoms with Crippen LogP contribution in [0.3, 0.4) is 0 Å². The third kappa shape index (κ3) is 3.26. The van der Waals surface area contributed by atoms with Crippen molar-refractivity contribution in [2.75, 3.05) is 6.54 Å². The average Bonchev–Trinajstić information content (AvgIpc) is 3.34. The molecule has 0 atom stereocenters. The Morgan fingerprint density at radius 2 is 2.00 bits per heavy atom. The summed E-state index contributed by atoms with van der Waals surface area (Å²) in [5.41, 5.74) is 5.62. The van der Waals surface area contributed by atoms with E-state index in [1.54, 1.807) is 29.2 Å². The molecule has 5 rings (SSSR count). The summed E-state index contributed by atoms with van der Waals surface area (Å²) in [7, 11) is 0. The topological polar surface area (TPSA) is 68.3 Å². The lowest BCUT2D eigenvalue weighted by atomic mass is 10.1. The van der Waals surface area contributed by atoms with E-state index in [1.165, 1.54) is 12.1 Å². The van der Waals surface area contributed by atoms with Crippen LogP contribution in [0.1, 0.15) is 17.0 Å². The smallest absolute Gasteiger partial charge is 0.244 e. The van der Waals surface area contributed by atoms with Crippen molar-refractivity contribution < 1.29 is 9.18 Å². The maximum Gasteiger partial charge on any atom is 0.244 e. The number of rotatable bonds is 3. The van der Waals surface area contributed by atoms with Crippen LogP contribution in [0.5, 0.6) is 0 Å². The van der Waals surface area contributed by atoms with Crippen molar-refractivity contribution in [2.45, 2.75) is 26.4 Å². The van der Waals surface area contributed by atoms with Gasteiger partial charge >= 0.3 is 0 Å². The maximum absolute atomic E-state index is 13.1. The molecule has 1 aromatic carbocycles. The first kappa shape index (κ1) is 17.5. The second kappa shape index (κ2) is 6.80. The highest BCUT2D eigenvalue weighted by Gasteiger charge is 2.24. The third-order valence-electron chi connectivity index (χ3n) is 5.23. The summed E-state index contributed by atoms with van der Waals surface area (Å²) in [6.45, 7) is 3.26. The van der Waals surface area contributed by atoms with Gasteiger partial charge in [-0.2, -0.15) is 10.2 Å². The van der Waals surface area contributed by atoms with Gasteiger partial charge < -0.3 is 4.90 Å². The fraction of sp³-hybridized carbons (Fsp3) is 0.238. The molecule has 1 amide bonds. The molecule has 4 heterocycles. The van der Waals surface area contributed by atoms with E-state index in [-0.39, 0.29) is 18.3 Å². The zero-order chi connectivity index (χ0) is 20.0. The third-order valence-corrected chi connectivity index (χ3v) is 5.23. The number of hydrogen-bond acceptors (Lipinski definition) is 4. The molecule has 0 saturated carbocycles. The zero-order valence-corrected chi connectivity index (χ0v) is 15.9. The summed E-state index contributed by atoms with van der Waals surface area (Å²) in [5.74, 6) is -0.278. The van der Waals surface area contributed by atoms with Crippen molar-refractivity contribution >= 4 is 11.6 Å². The number of halogens is 1. The first-order valence-corrected chi connectivity index (χ1v) is 9.46. The van der Waals surface area contributed by atoms with Gasteiger partial charge in [0.1, 0.15) is 12.4 Å². The second-order valence-corrected chi connectivity index (χ2v) is 7.28. The number of nitrogens with zero attached hydrogens (tertiary/aromatic N) is 6. The van der Waals surface area contributed by atoms with Crippen molar-refractivity contribution in [2.24, 2.45) is 0 Å². The van der Waals surface area contributed by atoms with Gasteiger partial charge in [0.25, 0.3) is 0 Å². The molecule has 0 radical (unpaired) electrons. The molecular weight excluding hydrogens is 371 g/mol. The van der Waals surface area contributed by atoms with Crippen LogP contribution in [0.4, 0.5) is 4.39 Å². The summed E-state index contributed by atoms with van der Waals surface area (Å²) >= 11 is 0. The number of hydrogen-bond donors (Lipinski definition) is 0. The van der Waals surface area contributed by atoms with Crippen LogP contribution >= 0.6 is 0 Å². The van der Waals surface area contributed by atoms with Crippen LogP contribution in [0.25, 0.3) is 16.8 Å². The van der Waals surface area contributed by atoms with E-state index in [1.807, 2.05) is 28.6 Å². The van der Waals surface area contributed by atoms with Crippen LogP contribution in [-0.4, -0.2) is 41.7 Å². The summed E-state index contributed by atoms with van der Waals surface area (Å²) in [4.78, 5) is 19.1. The quantitative estimate of drug-likeness (QED) is 0.539. The lowest BCUT2D eigenvalue weighted by Crippen LogP contribution is -2.39. The number of aromatic nitrogens is 5. The lowest BCUT2D eigenvalue weighted by Gasteiger charge is -2.28. The molecular formula is C21H19FN6O. The van der Waals surface area contributed by atoms with Gasteiger partial charge in [0.05, 0.1) is 17.6 Å². The number of carbonyl (C=O) groups excluding carboxylic acids is 1. The molecule has 3 aromatic heterocycles. The van der Waals surface area contributed by atoms with Crippen LogP contribution < -0.4 is 0 Å². The number of aryl methyl sites for hydroxylation is 1. The van der Waals surface area contributed by atoms with E-state index in [4.69, 9.17) is 0 Å². The molecule has 1 aliphatic heterocycles. The van der Waals surface area contributed by atoms with Crippen molar-refractivity contribution in [1.29, 1.82) is 0 Å². The molecule has 7 nitrogen and oxygen atoms in total. The zero-order valence-electron chi connectivity index (χ0n) is 15.9. The predicted molar refractivity (Wildman–Crippen MR) is 104 cm³/mol. The maximum atomic E-state index is 13.1. The van der Waals surface area contributed by atoms with E-state index in [9.17, 15) is 9.18 Å². The molecule has 0 bridgehead atoms. The Hall–Kier alpha value is -3.55. The van der Waals surface area contributed by atoms with Crippen molar-refractivity contribution in [3.05, 3.63) is 71.7 Å². The van der Waals surface area contributed by atoms with Gasteiger partial charge in [-0.15, -0.1) is 0 Å². The van der Waals surface area contributed by atoms with Crippen LogP contribution in [0.15, 0.2) is 48.9 Å². The molecule has 0 fully saturated rings. The van der Waals surface area contributed by atoms with Crippen LogP contribution in [-0.2, 0) is 24.3 Å². The van der Waals surface area contributed by atoms with Gasteiger partial charge in [-0.1, -0.05) is 12.1 Å². The summed E-state index contributed by atoms with van der Waals surface area (Å²) in [6, 6.07) is 8.17. The van der Waals surface area contributed by atoms with E-state index in [0.717, 1.165) is 40.1 Å². The summed E-state index contributed by atoms with van der Waals surface area (Å²) in [6.07, 6.45) is 6.07. The number of benzene rings is 1. The van der Waals surface area contributed by atoms with Gasteiger partial charge in [-0.3, -0.25) is 9.48 Å². The minimum absolute atomic E-state index is 0.00106. The number of carbonyl (C=O) groups is 1. The summed E-state index contributed by atoms with van der Waals surface area (Å²) < 4.78 is 16.6. The number of fused-ring (bicyclic) bond motifs is 3. The summed E-state index contributed by atoms with van der Waals surface area (Å²) in [5, 5.41) is 8.80. The van der Waals surface area contributed by atoms with Crippen molar-refractivity contribution in [3.63, 3.8) is 0 Å². The first-order valence-electron chi connectivity index (χ1n) is 9.46. The second-order valence-electron chi connectivity index (χ2n) is 7.28. The molecule has 0 spiro atoms. The molecule has 146 valence electrons. The van der Waals surface area contributed by atoms with E-state index in [2.05, 4.69) is 15.2 Å². The molecule has 0 N–H and O–H groups in total. The van der Waals surface area contributed by atoms with Gasteiger partial charge in [0, 0.05) is 49.1 Å². The minimum Gasteiger partial charge on any atom is -0.336 e. The Labute approximate surface area is 166 Å². The Kier molecular flexibility index (Phi) is 4.12. The highest BCUT2D eigenvalue weighted by molar-refractivity contribution is 5.76. The Morgan fingerprint density at radius 1 is 1.17 bits per heavy atom. The largest absolute Gasteiger partial charge is 0.336 e. The molecule has 0 saturated heterocycles. The molecule has 1 aliphatic rings. The Morgan fingerprint density at radius 3 is 2.83 bits per heavy atom. The van der Waals surface area contributed by atoms with E-state index < -0.39 is 0 Å². The molecule has 4 aromatic rings. The van der Waals surface area contributed by atoms with Crippen molar-refractivity contribution in [3.8, 4) is 11.1 Å². The molecule has 8 heteroatoms. The van der Waals surface area contributed by atoms with Gasteiger partial charge in [-0.25, -0.2) is 13.9 Å². The standard InChI is InChI=1S/C21H19FN6O/c1-14-8-20-23-9-17-11-26(7-6-19(17)28(20)25-14)21(29)13-27-12-16(10-24-27)15-2-4-18(22)5-3-15/h2-5,8-10,12H,6-7,11,13H2,1H3. The highest BCUT2D eigenvalue weighted by Crippen LogP contribution is 2.21. The lowest BCUT2D eigenvalue weighted by molar-refractivity contribution is -0.133. The fourth-order valence-electron chi connectivity index (χ4n) is 3.75. The van der Waals surface area contributed by atoms with Gasteiger partial charge in [-0.05, 0) is 24.6 Å². The average molecular weight is 390 g/mol. The van der Waals surface area contributed by atoms with Crippen LogP contribution in [0.2, 0.25) is 0 Å². The Balaban J connectivity index is 1.31. The van der Waals surface area contributed by atoms with E-state index >= 15 is 0 Å². The van der Waals surface area contributed by atoms with E-state index in [0.29, 0.717) is 13.1 Å². The normalized spacial score (nSPS) is 13.7. The molecule has 29 heavy (non-hydrogen) atoms. The van der Waals surface area contributed by atoms with Gasteiger partial charge in [0.2, 0.25) is 5.91 Å². The Bertz CT molecular complexity index is 1210. The SMILES string of the molecule is Cc1cc2ncc3c(n2n1)CCN(C(=O)Cn1cc(-c2ccc(F)cc2)cn1)C3. The monoisotopic (exact) mass is 390 g/mol. The predicted octanol–water partition coefficient (Wildman–Crippen LogP) is 2.63. The molecule has 0 unspecified atom stereocenters. The number of amides is 1. The van der Waals surface area contributed by atoms with Crippen LogP contribution in [0, 0.1) is 12.7 Å². The van der Waals surface area contributed by atoms with Crippen molar-refractivity contribution in [1.82, 2.24) is 29.3 Å². The molecule has 0 aliphatic carbocycles. The van der Waals surface area contributed by atoms with Gasteiger partial charge in [0.15, 0.2) is 5.65 Å². The minimum atomic E-state index is -0.279. The highest BCUT2D eigenvalue weighted by atomic mass is 19.1. The first-order chi connectivity index (χ1) is 14.1. The fourth-order valence-corrected chi connectivity index (χ4v) is 3.75.